The van der Waals surface area contributed by atoms with Gasteiger partial charge in [0.2, 0.25) is 0 Å². The number of hydrazine groups is 1. The highest BCUT2D eigenvalue weighted by molar-refractivity contribution is 6.10. The van der Waals surface area contributed by atoms with Gasteiger partial charge in [-0.15, -0.1) is 0 Å². The number of benzene rings is 3. The summed E-state index contributed by atoms with van der Waals surface area (Å²) in [7, 11) is 0. The molecule has 0 aliphatic carbocycles. The van der Waals surface area contributed by atoms with E-state index in [4.69, 9.17) is 9.15 Å². The number of para-hydroxylation sites is 1. The minimum atomic E-state index is -0.830. The van der Waals surface area contributed by atoms with Crippen LogP contribution in [0.3, 0.4) is 0 Å². The molecular weight excluding hydrogens is 436 g/mol. The molecule has 3 aromatic carbocycles. The highest BCUT2D eigenvalue weighted by Gasteiger charge is 2.17. The molecule has 1 heterocycles. The second-order valence-electron chi connectivity index (χ2n) is 7.47. The summed E-state index contributed by atoms with van der Waals surface area (Å²) >= 11 is 0. The van der Waals surface area contributed by atoms with Crippen molar-refractivity contribution >= 4 is 28.6 Å². The van der Waals surface area contributed by atoms with Gasteiger partial charge >= 0.3 is 5.63 Å². The van der Waals surface area contributed by atoms with Crippen LogP contribution >= 0.6 is 0 Å². The van der Waals surface area contributed by atoms with Gasteiger partial charge in [-0.3, -0.25) is 25.2 Å². The normalized spacial score (nSPS) is 10.5. The second kappa shape index (κ2) is 9.83. The van der Waals surface area contributed by atoms with Crippen LogP contribution in [0.4, 0.5) is 0 Å². The maximum absolute atomic E-state index is 12.9. The highest BCUT2D eigenvalue weighted by atomic mass is 16.5. The molecule has 170 valence electrons. The molecule has 8 heteroatoms. The zero-order chi connectivity index (χ0) is 24.1. The van der Waals surface area contributed by atoms with Gasteiger partial charge in [0, 0.05) is 10.9 Å². The van der Waals surface area contributed by atoms with Crippen LogP contribution in [0.5, 0.6) is 5.75 Å². The second-order valence-corrected chi connectivity index (χ2v) is 7.47. The number of nitrogens with one attached hydrogen (secondary N) is 2. The smallest absolute Gasteiger partial charge is 0.349 e. The molecule has 0 aliphatic heterocycles. The van der Waals surface area contributed by atoms with Crippen LogP contribution < -0.4 is 21.2 Å². The first-order valence-electron chi connectivity index (χ1n) is 10.4. The summed E-state index contributed by atoms with van der Waals surface area (Å²) in [5.74, 6) is -1.52. The molecule has 8 nitrogen and oxygen atoms in total. The van der Waals surface area contributed by atoms with Gasteiger partial charge in [0.05, 0.1) is 5.56 Å². The fourth-order valence-corrected chi connectivity index (χ4v) is 3.29. The maximum Gasteiger partial charge on any atom is 0.349 e. The first kappa shape index (κ1) is 22.5. The number of fused-ring (bicyclic) bond motifs is 1. The summed E-state index contributed by atoms with van der Waals surface area (Å²) in [4.78, 5) is 49.5. The first-order chi connectivity index (χ1) is 16.4. The number of aryl methyl sites for hydroxylation is 1. The van der Waals surface area contributed by atoms with Crippen LogP contribution in [0.2, 0.25) is 0 Å². The van der Waals surface area contributed by atoms with Gasteiger partial charge in [-0.25, -0.2) is 4.79 Å². The van der Waals surface area contributed by atoms with E-state index in [1.807, 2.05) is 13.0 Å². The van der Waals surface area contributed by atoms with Gasteiger partial charge in [0.15, 0.2) is 12.4 Å². The molecule has 0 aliphatic rings. The topological polar surface area (TPSA) is 115 Å². The molecule has 0 atom stereocenters. The Kier molecular flexibility index (Phi) is 6.49. The molecule has 0 saturated heterocycles. The van der Waals surface area contributed by atoms with Gasteiger partial charge in [0.25, 0.3) is 11.8 Å². The van der Waals surface area contributed by atoms with Crippen molar-refractivity contribution in [3.63, 3.8) is 0 Å². The van der Waals surface area contributed by atoms with Crippen molar-refractivity contribution in [1.29, 1.82) is 0 Å². The molecule has 0 spiro atoms. The Labute approximate surface area is 194 Å². The van der Waals surface area contributed by atoms with Gasteiger partial charge < -0.3 is 9.15 Å². The van der Waals surface area contributed by atoms with Gasteiger partial charge in [0.1, 0.15) is 16.9 Å². The van der Waals surface area contributed by atoms with E-state index in [1.165, 1.54) is 6.07 Å². The molecule has 2 amide bonds. The van der Waals surface area contributed by atoms with Crippen LogP contribution in [0.1, 0.15) is 31.8 Å². The Morgan fingerprint density at radius 3 is 2.38 bits per heavy atom. The Morgan fingerprint density at radius 1 is 0.853 bits per heavy atom. The van der Waals surface area contributed by atoms with Crippen LogP contribution in [0.25, 0.3) is 11.0 Å². The lowest BCUT2D eigenvalue weighted by Gasteiger charge is -2.12. The third kappa shape index (κ3) is 5.02. The Hall–Kier alpha value is -4.72. The predicted octanol–water partition coefficient (Wildman–Crippen LogP) is 3.17. The number of ketones is 1. The fraction of sp³-hybridized carbons (Fsp3) is 0.0769. The Morgan fingerprint density at radius 2 is 1.59 bits per heavy atom. The zero-order valence-corrected chi connectivity index (χ0v) is 18.2. The average Bonchev–Trinajstić information content (AvgIpc) is 2.86. The van der Waals surface area contributed by atoms with Crippen LogP contribution in [-0.2, 0) is 4.79 Å². The molecule has 0 saturated carbocycles. The molecule has 0 radical (unpaired) electrons. The summed E-state index contributed by atoms with van der Waals surface area (Å²) in [6, 6.07) is 21.9. The molecule has 0 bridgehead atoms. The number of hydrogen-bond acceptors (Lipinski definition) is 6. The van der Waals surface area contributed by atoms with E-state index in [0.717, 1.165) is 5.56 Å². The number of rotatable bonds is 6. The number of ether oxygens (including phenoxy) is 1. The average molecular weight is 456 g/mol. The van der Waals surface area contributed by atoms with Gasteiger partial charge in [-0.2, -0.15) is 0 Å². The van der Waals surface area contributed by atoms with E-state index in [9.17, 15) is 19.2 Å². The molecule has 4 rings (SSSR count). The lowest BCUT2D eigenvalue weighted by molar-refractivity contribution is -0.123. The monoisotopic (exact) mass is 456 g/mol. The summed E-state index contributed by atoms with van der Waals surface area (Å²) in [5.41, 5.74) is 5.29. The summed E-state index contributed by atoms with van der Waals surface area (Å²) < 4.78 is 10.7. The van der Waals surface area contributed by atoms with Crippen molar-refractivity contribution in [3.8, 4) is 5.75 Å². The fourth-order valence-electron chi connectivity index (χ4n) is 3.29. The van der Waals surface area contributed by atoms with Crippen LogP contribution in [-0.4, -0.2) is 24.2 Å². The van der Waals surface area contributed by atoms with Crippen LogP contribution in [0, 0.1) is 6.92 Å². The number of amides is 2. The number of hydrogen-bond donors (Lipinski definition) is 2. The van der Waals surface area contributed by atoms with Crippen molar-refractivity contribution in [1.82, 2.24) is 10.9 Å². The predicted molar refractivity (Wildman–Crippen MR) is 125 cm³/mol. The molecule has 4 aromatic rings. The molecule has 34 heavy (non-hydrogen) atoms. The highest BCUT2D eigenvalue weighted by Crippen LogP contribution is 2.23. The van der Waals surface area contributed by atoms with Crippen molar-refractivity contribution in [2.45, 2.75) is 6.92 Å². The minimum Gasteiger partial charge on any atom is -0.483 e. The standard InChI is InChI=1S/C26H20N2O6/c1-16-11-12-22(19(13-16)24(30)17-7-3-2-4-8-17)33-15-23(29)27-28-25(31)20-14-18-9-5-6-10-21(18)34-26(20)32/h2-14H,15H2,1H3,(H,27,29)(H,28,31). The lowest BCUT2D eigenvalue weighted by Crippen LogP contribution is -2.45. The number of carbonyl (C=O) groups is 3. The Bertz CT molecular complexity index is 1440. The number of carbonyl (C=O) groups excluding carboxylic acids is 3. The molecule has 1 aromatic heterocycles. The van der Waals surface area contributed by atoms with Crippen molar-refractivity contribution in [3.05, 3.63) is 112 Å². The lowest BCUT2D eigenvalue weighted by atomic mass is 10.0. The van der Waals surface area contributed by atoms with E-state index in [0.29, 0.717) is 22.1 Å². The quantitative estimate of drug-likeness (QED) is 0.262. The first-order valence-corrected chi connectivity index (χ1v) is 10.4. The Balaban J connectivity index is 1.40. The van der Waals surface area contributed by atoms with E-state index in [-0.39, 0.29) is 17.1 Å². The van der Waals surface area contributed by atoms with Crippen molar-refractivity contribution in [2.75, 3.05) is 6.61 Å². The SMILES string of the molecule is Cc1ccc(OCC(=O)NNC(=O)c2cc3ccccc3oc2=O)c(C(=O)c2ccccc2)c1. The van der Waals surface area contributed by atoms with Gasteiger partial charge in [-0.1, -0.05) is 60.2 Å². The minimum absolute atomic E-state index is 0.233. The van der Waals surface area contributed by atoms with Gasteiger partial charge in [-0.05, 0) is 31.2 Å². The van der Waals surface area contributed by atoms with E-state index >= 15 is 0 Å². The summed E-state index contributed by atoms with van der Waals surface area (Å²) in [5, 5.41) is 0.567. The summed E-state index contributed by atoms with van der Waals surface area (Å²) in [6.45, 7) is 1.38. The van der Waals surface area contributed by atoms with E-state index < -0.39 is 24.0 Å². The molecule has 0 fully saturated rings. The molecule has 2 N–H and O–H groups in total. The zero-order valence-electron chi connectivity index (χ0n) is 18.2. The van der Waals surface area contributed by atoms with E-state index in [1.54, 1.807) is 66.7 Å². The molecular formula is C26H20N2O6. The third-order valence-corrected chi connectivity index (χ3v) is 4.98. The molecule has 0 unspecified atom stereocenters. The van der Waals surface area contributed by atoms with E-state index in [2.05, 4.69) is 10.9 Å². The largest absolute Gasteiger partial charge is 0.483 e. The van der Waals surface area contributed by atoms with Crippen molar-refractivity contribution < 1.29 is 23.5 Å². The third-order valence-electron chi connectivity index (χ3n) is 4.98. The summed E-state index contributed by atoms with van der Waals surface area (Å²) in [6.07, 6.45) is 0. The van der Waals surface area contributed by atoms with Crippen LogP contribution in [0.15, 0.2) is 88.1 Å². The van der Waals surface area contributed by atoms with Crippen molar-refractivity contribution in [2.24, 2.45) is 0 Å². The maximum atomic E-state index is 12.9.